The van der Waals surface area contributed by atoms with Gasteiger partial charge in [-0.25, -0.2) is 0 Å². The molecule has 0 amide bonds. The van der Waals surface area contributed by atoms with E-state index in [0.717, 1.165) is 16.9 Å². The van der Waals surface area contributed by atoms with E-state index in [0.29, 0.717) is 0 Å². The van der Waals surface area contributed by atoms with Crippen molar-refractivity contribution in [3.05, 3.63) is 59.7 Å². The van der Waals surface area contributed by atoms with Gasteiger partial charge in [0, 0.05) is 43.3 Å². The predicted octanol–water partition coefficient (Wildman–Crippen LogP) is 5.69. The summed E-state index contributed by atoms with van der Waals surface area (Å²) in [5, 5.41) is 1.82. The smallest absolute Gasteiger partial charge is 0.0232 e. The van der Waals surface area contributed by atoms with E-state index < -0.39 is 0 Å². The van der Waals surface area contributed by atoms with Crippen molar-refractivity contribution < 1.29 is 0 Å². The normalized spacial score (nSPS) is 22.1. The van der Waals surface area contributed by atoms with Gasteiger partial charge in [-0.1, -0.05) is 24.3 Å². The molecule has 4 heteroatoms. The van der Waals surface area contributed by atoms with Gasteiger partial charge in [0.2, 0.25) is 0 Å². The minimum atomic E-state index is 0.912. The maximum atomic E-state index is 2.29. The van der Waals surface area contributed by atoms with Crippen molar-refractivity contribution in [1.29, 1.82) is 0 Å². The minimum Gasteiger partial charge on any atom is -0.156 e. The Balaban J connectivity index is 1.29. The van der Waals surface area contributed by atoms with Crippen LogP contribution >= 0.6 is 47.0 Å². The van der Waals surface area contributed by atoms with Crippen LogP contribution in [0.25, 0.3) is 0 Å². The molecule has 4 rings (SSSR count). The summed E-state index contributed by atoms with van der Waals surface area (Å²) in [6, 6.07) is 18.3. The molecule has 120 valence electrons. The van der Waals surface area contributed by atoms with E-state index in [2.05, 4.69) is 72.1 Å². The van der Waals surface area contributed by atoms with Crippen molar-refractivity contribution in [2.45, 2.75) is 26.7 Å². The molecule has 2 heterocycles. The SMILES string of the molecule is c1cc(SCC2CS2)ccc1Cc1ccc(SCC2CS2)cc1. The summed E-state index contributed by atoms with van der Waals surface area (Å²) >= 11 is 8.15. The lowest BCUT2D eigenvalue weighted by molar-refractivity contribution is 1.17. The molecule has 0 saturated carbocycles. The van der Waals surface area contributed by atoms with Crippen molar-refractivity contribution in [2.75, 3.05) is 23.0 Å². The van der Waals surface area contributed by atoms with Gasteiger partial charge < -0.3 is 0 Å². The van der Waals surface area contributed by atoms with Crippen LogP contribution in [-0.2, 0) is 6.42 Å². The average molecular weight is 377 g/mol. The summed E-state index contributed by atoms with van der Waals surface area (Å²) in [4.78, 5) is 2.82. The zero-order valence-corrected chi connectivity index (χ0v) is 16.2. The Kier molecular flexibility index (Phi) is 5.54. The van der Waals surface area contributed by atoms with E-state index in [1.54, 1.807) is 0 Å². The van der Waals surface area contributed by atoms with Gasteiger partial charge in [0.1, 0.15) is 0 Å². The summed E-state index contributed by atoms with van der Waals surface area (Å²) in [6.07, 6.45) is 1.03. The molecule has 0 N–H and O–H groups in total. The second kappa shape index (κ2) is 7.81. The molecular weight excluding hydrogens is 356 g/mol. The lowest BCUT2D eigenvalue weighted by atomic mass is 10.1. The maximum Gasteiger partial charge on any atom is 0.0232 e. The number of benzene rings is 2. The Labute approximate surface area is 156 Å². The van der Waals surface area contributed by atoms with Crippen molar-refractivity contribution in [2.24, 2.45) is 0 Å². The van der Waals surface area contributed by atoms with E-state index in [-0.39, 0.29) is 0 Å². The standard InChI is InChI=1S/C19H20S4/c1-5-16(20-10-18-12-22-18)6-2-14(1)9-15-3-7-17(8-4-15)21-11-19-13-23-19/h1-8,18-19H,9-13H2. The van der Waals surface area contributed by atoms with E-state index >= 15 is 0 Å². The Morgan fingerprint density at radius 1 is 0.696 bits per heavy atom. The van der Waals surface area contributed by atoms with Crippen LogP contribution in [0.5, 0.6) is 0 Å². The van der Waals surface area contributed by atoms with Gasteiger partial charge in [0.05, 0.1) is 0 Å². The third-order valence-electron chi connectivity index (χ3n) is 3.93. The van der Waals surface area contributed by atoms with E-state index in [4.69, 9.17) is 0 Å². The third kappa shape index (κ3) is 5.42. The Bertz CT molecular complexity index is 570. The summed E-state index contributed by atoms with van der Waals surface area (Å²) in [5.74, 6) is 5.25. The van der Waals surface area contributed by atoms with Gasteiger partial charge in [-0.05, 0) is 41.8 Å². The Hall–Kier alpha value is -0.160. The van der Waals surface area contributed by atoms with Gasteiger partial charge in [-0.15, -0.1) is 23.5 Å². The Morgan fingerprint density at radius 3 is 1.43 bits per heavy atom. The van der Waals surface area contributed by atoms with Crippen LogP contribution in [0.1, 0.15) is 11.1 Å². The quantitative estimate of drug-likeness (QED) is 0.428. The largest absolute Gasteiger partial charge is 0.156 e. The van der Waals surface area contributed by atoms with Crippen LogP contribution in [0.2, 0.25) is 0 Å². The molecule has 2 unspecified atom stereocenters. The highest BCUT2D eigenvalue weighted by atomic mass is 32.2. The number of thioether (sulfide) groups is 4. The van der Waals surface area contributed by atoms with Crippen LogP contribution < -0.4 is 0 Å². The zero-order valence-electron chi connectivity index (χ0n) is 12.9. The summed E-state index contributed by atoms with van der Waals surface area (Å²) in [5.41, 5.74) is 2.81. The summed E-state index contributed by atoms with van der Waals surface area (Å²) < 4.78 is 0. The fourth-order valence-corrected chi connectivity index (χ4v) is 5.98. The zero-order chi connectivity index (χ0) is 15.5. The van der Waals surface area contributed by atoms with Crippen molar-refractivity contribution >= 4 is 47.0 Å². The van der Waals surface area contributed by atoms with Gasteiger partial charge in [-0.3, -0.25) is 0 Å². The molecule has 2 aromatic carbocycles. The second-order valence-corrected chi connectivity index (χ2v) is 10.9. The fraction of sp³-hybridized carbons (Fsp3) is 0.368. The lowest BCUT2D eigenvalue weighted by Crippen LogP contribution is -1.90. The first-order valence-electron chi connectivity index (χ1n) is 8.02. The number of rotatable bonds is 8. The first-order chi connectivity index (χ1) is 11.3. The molecular formula is C19H20S4. The van der Waals surface area contributed by atoms with Crippen LogP contribution in [0.4, 0.5) is 0 Å². The van der Waals surface area contributed by atoms with Gasteiger partial charge in [0.25, 0.3) is 0 Å². The second-order valence-electron chi connectivity index (χ2n) is 6.00. The minimum absolute atomic E-state index is 0.912. The topological polar surface area (TPSA) is 0 Å². The van der Waals surface area contributed by atoms with Gasteiger partial charge >= 0.3 is 0 Å². The molecule has 0 aromatic heterocycles. The highest BCUT2D eigenvalue weighted by Crippen LogP contribution is 2.36. The summed E-state index contributed by atoms with van der Waals surface area (Å²) in [6.45, 7) is 0. The molecule has 0 nitrogen and oxygen atoms in total. The molecule has 2 fully saturated rings. The third-order valence-corrected chi connectivity index (χ3v) is 8.65. The van der Waals surface area contributed by atoms with E-state index in [1.165, 1.54) is 43.9 Å². The van der Waals surface area contributed by atoms with Crippen molar-refractivity contribution in [3.8, 4) is 0 Å². The first-order valence-corrected chi connectivity index (χ1v) is 12.1. The molecule has 2 aliphatic rings. The number of hydrogen-bond donors (Lipinski definition) is 0. The van der Waals surface area contributed by atoms with E-state index in [9.17, 15) is 0 Å². The molecule has 2 aliphatic heterocycles. The van der Waals surface area contributed by atoms with Gasteiger partial charge in [-0.2, -0.15) is 23.5 Å². The molecule has 0 bridgehead atoms. The van der Waals surface area contributed by atoms with Crippen LogP contribution in [0.15, 0.2) is 58.3 Å². The molecule has 2 saturated heterocycles. The van der Waals surface area contributed by atoms with Gasteiger partial charge in [0.15, 0.2) is 0 Å². The van der Waals surface area contributed by atoms with Crippen molar-refractivity contribution in [3.63, 3.8) is 0 Å². The average Bonchev–Trinajstić information content (AvgIpc) is 3.48. The van der Waals surface area contributed by atoms with Crippen LogP contribution in [0.3, 0.4) is 0 Å². The summed E-state index contributed by atoms with van der Waals surface area (Å²) in [7, 11) is 0. The molecule has 2 aromatic rings. The molecule has 0 radical (unpaired) electrons. The predicted molar refractivity (Wildman–Crippen MR) is 110 cm³/mol. The Morgan fingerprint density at radius 2 is 1.09 bits per heavy atom. The molecule has 0 spiro atoms. The first kappa shape index (κ1) is 16.3. The monoisotopic (exact) mass is 376 g/mol. The fourth-order valence-electron chi connectivity index (χ4n) is 2.35. The van der Waals surface area contributed by atoms with Crippen molar-refractivity contribution in [1.82, 2.24) is 0 Å². The highest BCUT2D eigenvalue weighted by molar-refractivity contribution is 8.09. The molecule has 0 aliphatic carbocycles. The van der Waals surface area contributed by atoms with Crippen LogP contribution in [-0.4, -0.2) is 33.5 Å². The molecule has 23 heavy (non-hydrogen) atoms. The number of hydrogen-bond acceptors (Lipinski definition) is 4. The maximum absolute atomic E-state index is 2.29. The van der Waals surface area contributed by atoms with Crippen LogP contribution in [0, 0.1) is 0 Å². The van der Waals surface area contributed by atoms with E-state index in [1.807, 2.05) is 23.5 Å². The highest BCUT2D eigenvalue weighted by Gasteiger charge is 2.22. The lowest BCUT2D eigenvalue weighted by Gasteiger charge is -2.06. The molecule has 2 atom stereocenters.